The third-order valence-electron chi connectivity index (χ3n) is 6.10. The normalized spacial score (nSPS) is 16.1. The van der Waals surface area contributed by atoms with Crippen LogP contribution in [-0.4, -0.2) is 23.8 Å². The van der Waals surface area contributed by atoms with E-state index in [0.717, 1.165) is 35.7 Å². The number of benzene rings is 2. The van der Waals surface area contributed by atoms with Crippen molar-refractivity contribution in [1.82, 2.24) is 10.3 Å². The lowest BCUT2D eigenvalue weighted by molar-refractivity contribution is -0.125. The van der Waals surface area contributed by atoms with Crippen molar-refractivity contribution in [3.8, 4) is 0 Å². The fourth-order valence-electron chi connectivity index (χ4n) is 4.15. The van der Waals surface area contributed by atoms with Gasteiger partial charge in [0.15, 0.2) is 5.13 Å². The molecule has 1 aliphatic carbocycles. The van der Waals surface area contributed by atoms with Crippen LogP contribution in [0.15, 0.2) is 60.7 Å². The van der Waals surface area contributed by atoms with Crippen LogP contribution in [0.1, 0.15) is 59.8 Å². The fraction of sp³-hybridized carbons (Fsp3) is 0.346. The van der Waals surface area contributed by atoms with Gasteiger partial charge in [-0.05, 0) is 43.2 Å². The molecule has 6 heteroatoms. The van der Waals surface area contributed by atoms with Crippen LogP contribution in [0.4, 0.5) is 5.13 Å². The first kappa shape index (κ1) is 22.2. The van der Waals surface area contributed by atoms with Gasteiger partial charge in [-0.25, -0.2) is 4.98 Å². The number of rotatable bonds is 7. The number of aromatic nitrogens is 1. The van der Waals surface area contributed by atoms with Gasteiger partial charge in [-0.2, -0.15) is 0 Å². The maximum atomic E-state index is 12.7. The summed E-state index contributed by atoms with van der Waals surface area (Å²) in [5.74, 6) is 0.304. The molecule has 3 aromatic rings. The molecule has 0 radical (unpaired) electrons. The highest BCUT2D eigenvalue weighted by atomic mass is 32.1. The highest BCUT2D eigenvalue weighted by molar-refractivity contribution is 7.16. The Labute approximate surface area is 193 Å². The molecule has 166 valence electrons. The van der Waals surface area contributed by atoms with Gasteiger partial charge in [0.05, 0.1) is 11.7 Å². The quantitative estimate of drug-likeness (QED) is 0.552. The predicted octanol–water partition coefficient (Wildman–Crippen LogP) is 5.04. The van der Waals surface area contributed by atoms with Gasteiger partial charge in [0.1, 0.15) is 0 Å². The van der Waals surface area contributed by atoms with E-state index in [4.69, 9.17) is 4.98 Å². The van der Waals surface area contributed by atoms with E-state index in [1.165, 1.54) is 10.4 Å². The van der Waals surface area contributed by atoms with Crippen molar-refractivity contribution in [3.63, 3.8) is 0 Å². The average molecular weight is 448 g/mol. The molecular weight excluding hydrogens is 418 g/mol. The lowest BCUT2D eigenvalue weighted by Crippen LogP contribution is -2.30. The monoisotopic (exact) mass is 447 g/mol. The molecule has 2 atom stereocenters. The number of anilines is 1. The number of hydrogen-bond donors (Lipinski definition) is 1. The van der Waals surface area contributed by atoms with Crippen LogP contribution in [0.3, 0.4) is 0 Å². The average Bonchev–Trinajstić information content (AvgIpc) is 3.26. The van der Waals surface area contributed by atoms with Crippen molar-refractivity contribution in [1.29, 1.82) is 0 Å². The second-order valence-corrected chi connectivity index (χ2v) is 9.43. The van der Waals surface area contributed by atoms with Gasteiger partial charge in [-0.15, -0.1) is 11.3 Å². The van der Waals surface area contributed by atoms with Crippen molar-refractivity contribution in [2.24, 2.45) is 0 Å². The zero-order valence-electron chi connectivity index (χ0n) is 18.6. The lowest BCUT2D eigenvalue weighted by atomic mass is 9.85. The van der Waals surface area contributed by atoms with Crippen LogP contribution < -0.4 is 10.2 Å². The fourth-order valence-corrected chi connectivity index (χ4v) is 5.31. The van der Waals surface area contributed by atoms with E-state index >= 15 is 0 Å². The van der Waals surface area contributed by atoms with Crippen LogP contribution in [0.25, 0.3) is 0 Å². The Kier molecular flexibility index (Phi) is 7.00. The van der Waals surface area contributed by atoms with Crippen molar-refractivity contribution in [3.05, 3.63) is 82.4 Å². The number of aryl methyl sites for hydroxylation is 1. The molecule has 0 unspecified atom stereocenters. The molecule has 1 N–H and O–H groups in total. The van der Waals surface area contributed by atoms with Crippen LogP contribution >= 0.6 is 11.3 Å². The predicted molar refractivity (Wildman–Crippen MR) is 129 cm³/mol. The molecule has 0 saturated carbocycles. The van der Waals surface area contributed by atoms with Crippen LogP contribution in [0, 0.1) is 0 Å². The summed E-state index contributed by atoms with van der Waals surface area (Å²) in [4.78, 5) is 32.7. The van der Waals surface area contributed by atoms with E-state index in [9.17, 15) is 9.59 Å². The maximum Gasteiger partial charge on any atom is 0.229 e. The summed E-state index contributed by atoms with van der Waals surface area (Å²) < 4.78 is 0. The molecule has 0 saturated heterocycles. The van der Waals surface area contributed by atoms with Crippen LogP contribution in [0.5, 0.6) is 0 Å². The molecule has 32 heavy (non-hydrogen) atoms. The van der Waals surface area contributed by atoms with Gasteiger partial charge >= 0.3 is 0 Å². The van der Waals surface area contributed by atoms with Gasteiger partial charge in [-0.3, -0.25) is 14.5 Å². The smallest absolute Gasteiger partial charge is 0.229 e. The van der Waals surface area contributed by atoms with Gasteiger partial charge in [0.2, 0.25) is 11.8 Å². The van der Waals surface area contributed by atoms with Crippen molar-refractivity contribution < 1.29 is 9.59 Å². The largest absolute Gasteiger partial charge is 0.350 e. The molecule has 5 nitrogen and oxygen atoms in total. The number of nitrogens with one attached hydrogen (secondary N) is 1. The van der Waals surface area contributed by atoms with Crippen molar-refractivity contribution >= 4 is 28.3 Å². The van der Waals surface area contributed by atoms with E-state index in [1.807, 2.05) is 43.3 Å². The Morgan fingerprint density at radius 2 is 1.78 bits per heavy atom. The zero-order chi connectivity index (χ0) is 22.5. The molecule has 2 aromatic carbocycles. The summed E-state index contributed by atoms with van der Waals surface area (Å²) in [6.45, 7) is 1.95. The highest BCUT2D eigenvalue weighted by Gasteiger charge is 2.26. The second-order valence-electron chi connectivity index (χ2n) is 8.37. The van der Waals surface area contributed by atoms with Gasteiger partial charge in [0.25, 0.3) is 0 Å². The molecule has 0 aliphatic heterocycles. The maximum absolute atomic E-state index is 12.7. The minimum atomic E-state index is -0.118. The Hall–Kier alpha value is -2.99. The number of amides is 2. The lowest BCUT2D eigenvalue weighted by Gasteiger charge is -2.21. The molecular formula is C26H29N3O2S. The zero-order valence-corrected chi connectivity index (χ0v) is 19.4. The molecule has 2 amide bonds. The van der Waals surface area contributed by atoms with E-state index < -0.39 is 0 Å². The topological polar surface area (TPSA) is 62.3 Å². The summed E-state index contributed by atoms with van der Waals surface area (Å²) in [7, 11) is 1.76. The number of nitrogens with zero attached hydrogens (tertiary/aromatic N) is 2. The number of carbonyl (C=O) groups excluding carboxylic acids is 2. The van der Waals surface area contributed by atoms with Crippen molar-refractivity contribution in [2.45, 2.75) is 51.0 Å². The molecule has 4 rings (SSSR count). The van der Waals surface area contributed by atoms with E-state index in [0.29, 0.717) is 5.92 Å². The number of hydrogen-bond acceptors (Lipinski definition) is 4. The first-order valence-electron chi connectivity index (χ1n) is 11.2. The summed E-state index contributed by atoms with van der Waals surface area (Å²) in [5, 5.41) is 3.70. The Bertz CT molecular complexity index is 1070. The Morgan fingerprint density at radius 1 is 1.09 bits per heavy atom. The molecule has 1 heterocycles. The Balaban J connectivity index is 1.31. The summed E-state index contributed by atoms with van der Waals surface area (Å²) in [6, 6.07) is 20.3. The van der Waals surface area contributed by atoms with E-state index in [1.54, 1.807) is 23.3 Å². The van der Waals surface area contributed by atoms with Gasteiger partial charge in [0, 0.05) is 24.8 Å². The standard InChI is InChI=1S/C26H29N3O2S/c1-18(19-9-5-3-6-10-19)27-24(30)15-16-25(31)29(2)26-28-22-14-13-21(17-23(22)32-26)20-11-7-4-8-12-20/h3-12,18,21H,13-17H2,1-2H3,(H,27,30)/t18-,21+/m0/s1. The Morgan fingerprint density at radius 3 is 2.50 bits per heavy atom. The van der Waals surface area contributed by atoms with Crippen LogP contribution in [0.2, 0.25) is 0 Å². The van der Waals surface area contributed by atoms with E-state index in [-0.39, 0.29) is 30.7 Å². The first-order valence-corrected chi connectivity index (χ1v) is 12.0. The molecule has 1 aromatic heterocycles. The van der Waals surface area contributed by atoms with Gasteiger partial charge in [-0.1, -0.05) is 60.7 Å². The van der Waals surface area contributed by atoms with E-state index in [2.05, 4.69) is 29.6 Å². The van der Waals surface area contributed by atoms with Gasteiger partial charge < -0.3 is 5.32 Å². The summed E-state index contributed by atoms with van der Waals surface area (Å²) in [5.41, 5.74) is 3.53. The molecule has 0 spiro atoms. The third kappa shape index (κ3) is 5.25. The molecule has 1 aliphatic rings. The minimum Gasteiger partial charge on any atom is -0.350 e. The highest BCUT2D eigenvalue weighted by Crippen LogP contribution is 2.37. The SMILES string of the molecule is C[C@H](NC(=O)CCC(=O)N(C)c1nc2c(s1)C[C@H](c1ccccc1)CC2)c1ccccc1. The molecule has 0 fully saturated rings. The molecule has 0 bridgehead atoms. The second kappa shape index (κ2) is 10.1. The minimum absolute atomic E-state index is 0.0835. The third-order valence-corrected chi connectivity index (χ3v) is 7.30. The summed E-state index contributed by atoms with van der Waals surface area (Å²) >= 11 is 1.61. The number of carbonyl (C=O) groups is 2. The summed E-state index contributed by atoms with van der Waals surface area (Å²) in [6.07, 6.45) is 3.33. The number of thiazole rings is 1. The van der Waals surface area contributed by atoms with Crippen molar-refractivity contribution in [2.75, 3.05) is 11.9 Å². The van der Waals surface area contributed by atoms with Crippen LogP contribution in [-0.2, 0) is 22.4 Å². The number of fused-ring (bicyclic) bond motifs is 1. The first-order chi connectivity index (χ1) is 15.5.